The average Bonchev–Trinajstić information content (AvgIpc) is 3.96. The Morgan fingerprint density at radius 2 is 1.07 bits per heavy atom. The molecule has 350 valence electrons. The molecule has 4 aromatic carbocycles. The second-order valence-electron chi connectivity index (χ2n) is 17.3. The predicted octanol–water partition coefficient (Wildman–Crippen LogP) is 12.5. The number of hydrogen-bond donors (Lipinski definition) is 5. The standard InChI is InChI=1S/C27H34ClN5O3Si.C21H20ClN5O3/c1-16-21(14-15-22(29-7)23(16)28)31-24(17(2)36-37(8,9)27(4,5)6)26-33-32-25(35-26)19-10-12-20(13-11-19)30-18(3)34;1-11-16(9-10-17(23-4)18(11)22)25-19(12(2)28)21-27-26-20(30-21)14-5-7-15(8-6-14)24-13(3)29/h10-15,17,24,31H,1-6,8-9H3,(H,30,34);5-10,12,19,25,28H,1-3H3,(H,24,29)/t17-,24-;12-,19-/m11/s1. The van der Waals surface area contributed by atoms with Crippen LogP contribution in [-0.2, 0) is 14.0 Å². The smallest absolute Gasteiger partial charge is 0.247 e. The van der Waals surface area contributed by atoms with Gasteiger partial charge in [-0.05, 0) is 118 Å². The van der Waals surface area contributed by atoms with E-state index in [-0.39, 0.29) is 34.7 Å². The zero-order valence-electron chi connectivity index (χ0n) is 39.2. The van der Waals surface area contributed by atoms with Gasteiger partial charge in [0.1, 0.15) is 12.1 Å². The van der Waals surface area contributed by atoms with Crippen molar-refractivity contribution in [2.45, 2.75) is 105 Å². The highest BCUT2D eigenvalue weighted by atomic mass is 35.5. The first-order chi connectivity index (χ1) is 31.5. The van der Waals surface area contributed by atoms with Crippen LogP contribution in [0.25, 0.3) is 32.6 Å². The fourth-order valence-electron chi connectivity index (χ4n) is 6.39. The van der Waals surface area contributed by atoms with E-state index in [0.717, 1.165) is 16.8 Å². The molecule has 0 aliphatic rings. The Bertz CT molecular complexity index is 2790. The minimum atomic E-state index is -2.13. The Kier molecular flexibility index (Phi) is 16.7. The van der Waals surface area contributed by atoms with E-state index in [1.165, 1.54) is 13.8 Å². The van der Waals surface area contributed by atoms with Gasteiger partial charge in [-0.1, -0.05) is 56.1 Å². The van der Waals surface area contributed by atoms with Crippen molar-refractivity contribution in [3.63, 3.8) is 0 Å². The zero-order valence-corrected chi connectivity index (χ0v) is 41.7. The molecule has 2 amide bonds. The summed E-state index contributed by atoms with van der Waals surface area (Å²) in [6.45, 7) is 35.6. The van der Waals surface area contributed by atoms with Crippen molar-refractivity contribution in [3.05, 3.63) is 129 Å². The molecule has 0 saturated heterocycles. The maximum absolute atomic E-state index is 11.3. The highest BCUT2D eigenvalue weighted by molar-refractivity contribution is 6.74. The van der Waals surface area contributed by atoms with Gasteiger partial charge < -0.3 is 39.6 Å². The molecular weight excluding hydrogens is 912 g/mol. The Hall–Kier alpha value is -6.60. The molecule has 16 nitrogen and oxygen atoms in total. The normalized spacial score (nSPS) is 13.1. The molecular formula is C48H54Cl2N10O6Si. The van der Waals surface area contributed by atoms with E-state index in [9.17, 15) is 14.7 Å². The van der Waals surface area contributed by atoms with Crippen molar-refractivity contribution >= 4 is 77.5 Å². The van der Waals surface area contributed by atoms with Crippen LogP contribution in [0.15, 0.2) is 81.6 Å². The Labute approximate surface area is 401 Å². The van der Waals surface area contributed by atoms with Crippen LogP contribution < -0.4 is 21.3 Å². The average molecular weight is 966 g/mol. The number of amides is 2. The number of halogens is 2. The Morgan fingerprint density at radius 3 is 1.43 bits per heavy atom. The third kappa shape index (κ3) is 12.9. The van der Waals surface area contributed by atoms with Gasteiger partial charge in [-0.25, -0.2) is 9.69 Å². The molecule has 6 rings (SSSR count). The third-order valence-electron chi connectivity index (χ3n) is 11.2. The minimum Gasteiger partial charge on any atom is -0.418 e. The van der Waals surface area contributed by atoms with Crippen LogP contribution in [0.5, 0.6) is 0 Å². The first-order valence-electron chi connectivity index (χ1n) is 21.2. The van der Waals surface area contributed by atoms with E-state index >= 15 is 0 Å². The van der Waals surface area contributed by atoms with Crippen molar-refractivity contribution in [1.29, 1.82) is 0 Å². The number of aliphatic hydroxyl groups excluding tert-OH is 1. The van der Waals surface area contributed by atoms with Gasteiger partial charge in [0, 0.05) is 47.7 Å². The first kappa shape index (κ1) is 51.4. The summed E-state index contributed by atoms with van der Waals surface area (Å²) >= 11 is 12.7. The number of benzene rings is 4. The topological polar surface area (TPSA) is 198 Å². The van der Waals surface area contributed by atoms with Crippen molar-refractivity contribution < 1.29 is 28.0 Å². The van der Waals surface area contributed by atoms with Crippen molar-refractivity contribution in [3.8, 4) is 22.9 Å². The maximum atomic E-state index is 11.3. The molecule has 0 spiro atoms. The molecule has 0 fully saturated rings. The molecule has 6 aromatic rings. The van der Waals surface area contributed by atoms with Gasteiger partial charge in [0.25, 0.3) is 0 Å². The number of carbonyl (C=O) groups excluding carboxylic acids is 2. The van der Waals surface area contributed by atoms with Crippen molar-refractivity contribution in [2.24, 2.45) is 0 Å². The molecule has 0 saturated carbocycles. The third-order valence-corrected chi connectivity index (χ3v) is 16.7. The first-order valence-corrected chi connectivity index (χ1v) is 24.8. The van der Waals surface area contributed by atoms with Gasteiger partial charge in [-0.15, -0.1) is 20.4 Å². The lowest BCUT2D eigenvalue weighted by Crippen LogP contribution is -2.45. The fraction of sp³-hybridized carbons (Fsp3) is 0.333. The largest absolute Gasteiger partial charge is 0.418 e. The number of rotatable bonds is 14. The molecule has 0 radical (unpaired) electrons. The van der Waals surface area contributed by atoms with Gasteiger partial charge in [0.15, 0.2) is 8.32 Å². The highest BCUT2D eigenvalue weighted by Crippen LogP contribution is 2.41. The molecule has 67 heavy (non-hydrogen) atoms. The van der Waals surface area contributed by atoms with E-state index in [4.69, 9.17) is 49.6 Å². The quantitative estimate of drug-likeness (QED) is 0.0512. The number of carbonyl (C=O) groups is 2. The lowest BCUT2D eigenvalue weighted by molar-refractivity contribution is -0.115. The number of anilines is 4. The molecule has 2 heterocycles. The van der Waals surface area contributed by atoms with E-state index in [2.05, 4.69) is 85.2 Å². The fourth-order valence-corrected chi connectivity index (χ4v) is 8.23. The zero-order chi connectivity index (χ0) is 49.4. The predicted molar refractivity (Wildman–Crippen MR) is 265 cm³/mol. The van der Waals surface area contributed by atoms with Crippen molar-refractivity contribution in [2.75, 3.05) is 21.3 Å². The highest BCUT2D eigenvalue weighted by Gasteiger charge is 2.41. The number of nitrogens with zero attached hydrogens (tertiary/aromatic N) is 6. The summed E-state index contributed by atoms with van der Waals surface area (Å²) in [4.78, 5) is 29.3. The van der Waals surface area contributed by atoms with Gasteiger partial charge in [-0.2, -0.15) is 0 Å². The molecule has 0 bridgehead atoms. The Morgan fingerprint density at radius 1 is 0.687 bits per heavy atom. The lowest BCUT2D eigenvalue weighted by atomic mass is 10.1. The van der Waals surface area contributed by atoms with Crippen LogP contribution in [0.3, 0.4) is 0 Å². The number of aliphatic hydroxyl groups is 1. The molecule has 0 aliphatic heterocycles. The van der Waals surface area contributed by atoms with Gasteiger partial charge in [-0.3, -0.25) is 9.59 Å². The van der Waals surface area contributed by atoms with Gasteiger partial charge in [0.2, 0.25) is 46.8 Å². The van der Waals surface area contributed by atoms with Gasteiger partial charge >= 0.3 is 0 Å². The second kappa shape index (κ2) is 21.8. The van der Waals surface area contributed by atoms with E-state index in [0.29, 0.717) is 61.4 Å². The Balaban J connectivity index is 0.000000256. The lowest BCUT2D eigenvalue weighted by Gasteiger charge is -2.40. The molecule has 4 atom stereocenters. The minimum absolute atomic E-state index is 0.0119. The molecule has 0 unspecified atom stereocenters. The van der Waals surface area contributed by atoms with Crippen molar-refractivity contribution in [1.82, 2.24) is 20.4 Å². The number of hydrogen-bond acceptors (Lipinski definition) is 12. The summed E-state index contributed by atoms with van der Waals surface area (Å²) in [5.41, 5.74) is 6.35. The molecule has 2 aromatic heterocycles. The summed E-state index contributed by atoms with van der Waals surface area (Å²) in [6, 6.07) is 19.9. The molecule has 19 heteroatoms. The summed E-state index contributed by atoms with van der Waals surface area (Å²) in [7, 11) is -2.13. The van der Waals surface area contributed by atoms with E-state index in [1.54, 1.807) is 68.4 Å². The van der Waals surface area contributed by atoms with Crippen LogP contribution in [0.4, 0.5) is 34.1 Å². The van der Waals surface area contributed by atoms with Crippen LogP contribution in [-0.4, -0.2) is 57.8 Å². The summed E-state index contributed by atoms with van der Waals surface area (Å²) < 4.78 is 18.6. The SMILES string of the molecule is [C-]#[N+]c1ccc(N[C@@H](c2nnc(-c3ccc(NC(C)=O)cc3)o2)[C@@H](C)O)c(C)c1Cl.[C-]#[N+]c1ccc(N[C@@H](c2nnc(-c3ccc(NC(C)=O)cc3)o2)[C@@H](C)O[Si](C)(C)C(C)(C)C)c(C)c1Cl. The monoisotopic (exact) mass is 964 g/mol. The van der Waals surface area contributed by atoms with Crippen LogP contribution in [0.2, 0.25) is 28.2 Å². The molecule has 0 aliphatic carbocycles. The van der Waals surface area contributed by atoms with E-state index < -0.39 is 26.5 Å². The van der Waals surface area contributed by atoms with E-state index in [1.807, 2.05) is 32.0 Å². The maximum Gasteiger partial charge on any atom is 0.247 e. The second-order valence-corrected chi connectivity index (χ2v) is 22.9. The number of aromatic nitrogens is 4. The summed E-state index contributed by atoms with van der Waals surface area (Å²) in [6.07, 6.45) is -1.16. The number of nitrogens with one attached hydrogen (secondary N) is 4. The van der Waals surface area contributed by atoms with Crippen LogP contribution in [0.1, 0.15) is 83.5 Å². The van der Waals surface area contributed by atoms with Crippen LogP contribution >= 0.6 is 23.2 Å². The summed E-state index contributed by atoms with van der Waals surface area (Å²) in [5.74, 6) is 0.914. The molecule has 5 N–H and O–H groups in total. The van der Waals surface area contributed by atoms with Crippen LogP contribution in [0, 0.1) is 27.0 Å². The summed E-state index contributed by atoms with van der Waals surface area (Å²) in [5, 5.41) is 39.9. The van der Waals surface area contributed by atoms with Gasteiger partial charge in [0.05, 0.1) is 35.4 Å².